The molecule has 0 amide bonds. The molecule has 1 saturated heterocycles. The number of nitrogens with zero attached hydrogens (tertiary/aromatic N) is 1. The van der Waals surface area contributed by atoms with Crippen LogP contribution in [0.1, 0.15) is 25.3 Å². The first-order valence-corrected chi connectivity index (χ1v) is 6.69. The quantitative estimate of drug-likeness (QED) is 0.893. The Labute approximate surface area is 105 Å². The Bertz CT molecular complexity index is 447. The fraction of sp³-hybridized carbons (Fsp3) is 0.462. The summed E-state index contributed by atoms with van der Waals surface area (Å²) in [5.74, 6) is 0.837. The molecule has 1 atom stereocenters. The molecule has 1 aliphatic rings. The molecule has 0 saturated carbocycles. The third-order valence-electron chi connectivity index (χ3n) is 3.05. The topological polar surface area (TPSA) is 35.8 Å². The van der Waals surface area contributed by atoms with Crippen LogP contribution in [0.4, 0.5) is 10.1 Å². The average Bonchev–Trinajstić information content (AvgIpc) is 2.75. The first kappa shape index (κ1) is 12.3. The molecule has 90 valence electrons. The maximum atomic E-state index is 13.6. The highest BCUT2D eigenvalue weighted by atomic mass is 32.2. The number of hydrogen-bond donors (Lipinski definition) is 1. The fourth-order valence-corrected chi connectivity index (χ4v) is 3.23. The zero-order valence-electron chi connectivity index (χ0n) is 9.79. The Morgan fingerprint density at radius 1 is 1.59 bits per heavy atom. The zero-order chi connectivity index (χ0) is 12.3. The molecule has 1 fully saturated rings. The summed E-state index contributed by atoms with van der Waals surface area (Å²) in [7, 11) is 0. The van der Waals surface area contributed by atoms with Crippen LogP contribution in [-0.2, 0) is 0 Å². The summed E-state index contributed by atoms with van der Waals surface area (Å²) in [4.78, 5) is 0. The number of rotatable bonds is 3. The molecule has 4 heteroatoms. The van der Waals surface area contributed by atoms with Gasteiger partial charge in [0.25, 0.3) is 0 Å². The molecule has 0 bridgehead atoms. The van der Waals surface area contributed by atoms with Crippen molar-refractivity contribution in [1.29, 1.82) is 5.26 Å². The first-order valence-electron chi connectivity index (χ1n) is 5.70. The number of halogens is 1. The summed E-state index contributed by atoms with van der Waals surface area (Å²) >= 11 is 1.94. The molecule has 17 heavy (non-hydrogen) atoms. The van der Waals surface area contributed by atoms with Gasteiger partial charge in [-0.25, -0.2) is 4.39 Å². The highest BCUT2D eigenvalue weighted by Crippen LogP contribution is 2.37. The van der Waals surface area contributed by atoms with E-state index in [1.165, 1.54) is 24.7 Å². The largest absolute Gasteiger partial charge is 0.381 e. The molecule has 0 aliphatic carbocycles. The third-order valence-corrected chi connectivity index (χ3v) is 4.59. The van der Waals surface area contributed by atoms with E-state index in [-0.39, 0.29) is 10.6 Å². The molecule has 1 N–H and O–H groups in total. The van der Waals surface area contributed by atoms with Gasteiger partial charge in [-0.3, -0.25) is 0 Å². The van der Waals surface area contributed by atoms with Crippen LogP contribution < -0.4 is 5.32 Å². The van der Waals surface area contributed by atoms with Crippen molar-refractivity contribution in [3.8, 4) is 6.07 Å². The summed E-state index contributed by atoms with van der Waals surface area (Å²) in [6.07, 6.45) is 2.40. The Hall–Kier alpha value is -1.21. The Balaban J connectivity index is 2.02. The van der Waals surface area contributed by atoms with Gasteiger partial charge in [-0.05, 0) is 43.7 Å². The maximum Gasteiger partial charge on any atom is 0.147 e. The highest BCUT2D eigenvalue weighted by Gasteiger charge is 2.29. The summed E-state index contributed by atoms with van der Waals surface area (Å²) in [5.41, 5.74) is 0.840. The Kier molecular flexibility index (Phi) is 3.58. The van der Waals surface area contributed by atoms with E-state index < -0.39 is 0 Å². The van der Waals surface area contributed by atoms with E-state index in [9.17, 15) is 4.39 Å². The molecule has 2 rings (SSSR count). The first-order chi connectivity index (χ1) is 8.13. The van der Waals surface area contributed by atoms with Crippen molar-refractivity contribution in [1.82, 2.24) is 0 Å². The number of thioether (sulfide) groups is 1. The lowest BCUT2D eigenvalue weighted by atomic mass is 10.1. The second kappa shape index (κ2) is 4.97. The lowest BCUT2D eigenvalue weighted by molar-refractivity contribution is 0.614. The molecule has 1 aromatic carbocycles. The van der Waals surface area contributed by atoms with Crippen molar-refractivity contribution in [3.05, 3.63) is 29.6 Å². The minimum atomic E-state index is -0.351. The van der Waals surface area contributed by atoms with Crippen LogP contribution in [-0.4, -0.2) is 17.0 Å². The summed E-state index contributed by atoms with van der Waals surface area (Å²) in [5, 5.41) is 11.8. The number of hydrogen-bond acceptors (Lipinski definition) is 3. The van der Waals surface area contributed by atoms with Gasteiger partial charge in [0, 0.05) is 11.3 Å². The van der Waals surface area contributed by atoms with Crippen molar-refractivity contribution in [2.24, 2.45) is 0 Å². The van der Waals surface area contributed by atoms with Gasteiger partial charge in [0.2, 0.25) is 0 Å². The van der Waals surface area contributed by atoms with E-state index in [4.69, 9.17) is 5.26 Å². The molecule has 1 unspecified atom stereocenters. The minimum absolute atomic E-state index is 0.209. The molecular weight excluding hydrogens is 235 g/mol. The molecule has 0 radical (unpaired) electrons. The molecule has 0 spiro atoms. The summed E-state index contributed by atoms with van der Waals surface area (Å²) in [6.45, 7) is 2.97. The predicted octanol–water partition coefficient (Wildman–Crippen LogP) is 3.39. The van der Waals surface area contributed by atoms with Gasteiger partial charge in [0.1, 0.15) is 5.82 Å². The second-order valence-electron chi connectivity index (χ2n) is 4.56. The molecule has 1 aromatic rings. The average molecular weight is 250 g/mol. The smallest absolute Gasteiger partial charge is 0.147 e. The molecular formula is C13H15FN2S. The number of nitrogens with one attached hydrogen (secondary N) is 1. The third kappa shape index (κ3) is 2.92. The van der Waals surface area contributed by atoms with E-state index in [1.807, 2.05) is 17.8 Å². The van der Waals surface area contributed by atoms with Crippen LogP contribution >= 0.6 is 11.8 Å². The normalized spacial score (nSPS) is 23.4. The second-order valence-corrected chi connectivity index (χ2v) is 6.24. The van der Waals surface area contributed by atoms with Gasteiger partial charge < -0.3 is 5.32 Å². The van der Waals surface area contributed by atoms with Crippen molar-refractivity contribution in [2.75, 3.05) is 17.6 Å². The van der Waals surface area contributed by atoms with Gasteiger partial charge in [-0.2, -0.15) is 17.0 Å². The maximum absolute atomic E-state index is 13.6. The Morgan fingerprint density at radius 2 is 2.41 bits per heavy atom. The van der Waals surface area contributed by atoms with Crippen LogP contribution in [0, 0.1) is 17.1 Å². The van der Waals surface area contributed by atoms with Crippen LogP contribution in [0.3, 0.4) is 0 Å². The SMILES string of the molecule is CC1(CNc2ccc(C#N)cc2F)CCCS1. The van der Waals surface area contributed by atoms with E-state index >= 15 is 0 Å². The standard InChI is InChI=1S/C13H15FN2S/c1-13(5-2-6-17-13)9-16-12-4-3-10(8-15)7-11(12)14/h3-4,7,16H,2,5-6,9H2,1H3. The van der Waals surface area contributed by atoms with Gasteiger partial charge >= 0.3 is 0 Å². The van der Waals surface area contributed by atoms with Crippen LogP contribution in [0.25, 0.3) is 0 Å². The monoisotopic (exact) mass is 250 g/mol. The van der Waals surface area contributed by atoms with E-state index in [1.54, 1.807) is 12.1 Å². The predicted molar refractivity (Wildman–Crippen MR) is 69.7 cm³/mol. The van der Waals surface area contributed by atoms with Crippen molar-refractivity contribution >= 4 is 17.4 Å². The molecule has 1 heterocycles. The fourth-order valence-electron chi connectivity index (χ4n) is 1.99. The number of anilines is 1. The summed E-state index contributed by atoms with van der Waals surface area (Å²) < 4.78 is 13.8. The lowest BCUT2D eigenvalue weighted by Crippen LogP contribution is -2.27. The van der Waals surface area contributed by atoms with Crippen molar-refractivity contribution < 1.29 is 4.39 Å². The lowest BCUT2D eigenvalue weighted by Gasteiger charge is -2.23. The minimum Gasteiger partial charge on any atom is -0.381 e. The van der Waals surface area contributed by atoms with Crippen molar-refractivity contribution in [2.45, 2.75) is 24.5 Å². The molecule has 1 aliphatic heterocycles. The highest BCUT2D eigenvalue weighted by molar-refractivity contribution is 8.00. The van der Waals surface area contributed by atoms with Gasteiger partial charge in [0.05, 0.1) is 17.3 Å². The van der Waals surface area contributed by atoms with Crippen LogP contribution in [0.2, 0.25) is 0 Å². The van der Waals surface area contributed by atoms with Gasteiger partial charge in [-0.1, -0.05) is 0 Å². The zero-order valence-corrected chi connectivity index (χ0v) is 10.6. The van der Waals surface area contributed by atoms with E-state index in [0.29, 0.717) is 11.3 Å². The van der Waals surface area contributed by atoms with Crippen LogP contribution in [0.15, 0.2) is 18.2 Å². The number of benzene rings is 1. The van der Waals surface area contributed by atoms with Crippen LogP contribution in [0.5, 0.6) is 0 Å². The molecule has 0 aromatic heterocycles. The summed E-state index contributed by atoms with van der Waals surface area (Å²) in [6, 6.07) is 6.47. The Morgan fingerprint density at radius 3 is 3.00 bits per heavy atom. The molecule has 2 nitrogen and oxygen atoms in total. The van der Waals surface area contributed by atoms with Crippen molar-refractivity contribution in [3.63, 3.8) is 0 Å². The van der Waals surface area contributed by atoms with E-state index in [0.717, 1.165) is 6.54 Å². The van der Waals surface area contributed by atoms with Gasteiger partial charge in [-0.15, -0.1) is 0 Å². The van der Waals surface area contributed by atoms with E-state index in [2.05, 4.69) is 12.2 Å². The number of nitriles is 1. The van der Waals surface area contributed by atoms with Gasteiger partial charge in [0.15, 0.2) is 0 Å².